The standard InChI is InChI=1S/C50H73NO2Si2/c1-40-26-25-29-42(38-40)51(41-27-17-16-18-28-41)43-32-33-45-44-30-19-20-31-46(44)50(47(45)39-43,34-21-12-14-23-36-52-54(8,9)48(2,3)4)35-22-13-15-24-37-53-55(10,11)49(5,6)7/h16-20,25-33,38-39H,12-15,21-24,34-37H2,1-11H3. The molecule has 0 saturated heterocycles. The van der Waals surface area contributed by atoms with Gasteiger partial charge in [-0.05, 0) is 133 Å². The molecule has 298 valence electrons. The fraction of sp³-hybridized carbons (Fsp3) is 0.520. The minimum Gasteiger partial charge on any atom is -0.417 e. The third kappa shape index (κ3) is 10.3. The summed E-state index contributed by atoms with van der Waals surface area (Å²) in [5.74, 6) is 0. The topological polar surface area (TPSA) is 21.7 Å². The van der Waals surface area contributed by atoms with Crippen molar-refractivity contribution in [3.05, 3.63) is 114 Å². The summed E-state index contributed by atoms with van der Waals surface area (Å²) in [7, 11) is -3.42. The number of hydrogen-bond donors (Lipinski definition) is 0. The molecule has 4 aromatic carbocycles. The Hall–Kier alpha value is -2.97. The molecular formula is C50H73NO2Si2. The summed E-state index contributed by atoms with van der Waals surface area (Å²) in [4.78, 5) is 2.45. The first-order valence-corrected chi connectivity index (χ1v) is 27.2. The Bertz CT molecular complexity index is 1780. The second-order valence-corrected chi connectivity index (χ2v) is 29.0. The largest absolute Gasteiger partial charge is 0.417 e. The van der Waals surface area contributed by atoms with Crippen molar-refractivity contribution < 1.29 is 8.85 Å². The van der Waals surface area contributed by atoms with Gasteiger partial charge in [0.15, 0.2) is 16.6 Å². The number of nitrogens with zero attached hydrogens (tertiary/aromatic N) is 1. The normalized spacial score (nSPS) is 14.2. The van der Waals surface area contributed by atoms with E-state index in [0.717, 1.165) is 26.1 Å². The molecule has 0 aromatic heterocycles. The van der Waals surface area contributed by atoms with Gasteiger partial charge >= 0.3 is 0 Å². The molecule has 0 bridgehead atoms. The lowest BCUT2D eigenvalue weighted by Crippen LogP contribution is -2.40. The molecule has 5 rings (SSSR count). The smallest absolute Gasteiger partial charge is 0.191 e. The Labute approximate surface area is 338 Å². The molecule has 0 spiro atoms. The van der Waals surface area contributed by atoms with Crippen molar-refractivity contribution in [1.29, 1.82) is 0 Å². The molecule has 0 heterocycles. The highest BCUT2D eigenvalue weighted by Crippen LogP contribution is 2.55. The van der Waals surface area contributed by atoms with Crippen molar-refractivity contribution in [3.8, 4) is 11.1 Å². The third-order valence-electron chi connectivity index (χ3n) is 13.3. The van der Waals surface area contributed by atoms with Gasteiger partial charge in [0.05, 0.1) is 0 Å². The number of benzene rings is 4. The number of rotatable bonds is 19. The van der Waals surface area contributed by atoms with Gasteiger partial charge < -0.3 is 13.8 Å². The van der Waals surface area contributed by atoms with Crippen molar-refractivity contribution in [2.45, 2.75) is 154 Å². The highest BCUT2D eigenvalue weighted by Gasteiger charge is 2.43. The average Bonchev–Trinajstić information content (AvgIpc) is 3.39. The van der Waals surface area contributed by atoms with E-state index in [0.29, 0.717) is 0 Å². The van der Waals surface area contributed by atoms with E-state index in [1.807, 2.05) is 0 Å². The highest BCUT2D eigenvalue weighted by atomic mass is 28.4. The monoisotopic (exact) mass is 776 g/mol. The van der Waals surface area contributed by atoms with Gasteiger partial charge in [-0.2, -0.15) is 0 Å². The second kappa shape index (κ2) is 18.1. The molecule has 0 aliphatic heterocycles. The molecule has 55 heavy (non-hydrogen) atoms. The number of anilines is 3. The first kappa shape index (κ1) is 43.2. The van der Waals surface area contributed by atoms with Crippen molar-refractivity contribution in [1.82, 2.24) is 0 Å². The van der Waals surface area contributed by atoms with Gasteiger partial charge in [-0.3, -0.25) is 0 Å². The van der Waals surface area contributed by atoms with E-state index in [-0.39, 0.29) is 15.5 Å². The molecule has 0 atom stereocenters. The summed E-state index contributed by atoms with van der Waals surface area (Å²) >= 11 is 0. The lowest BCUT2D eigenvalue weighted by atomic mass is 9.70. The summed E-state index contributed by atoms with van der Waals surface area (Å²) < 4.78 is 13.1. The quantitative estimate of drug-likeness (QED) is 0.0699. The van der Waals surface area contributed by atoms with E-state index in [4.69, 9.17) is 8.85 Å². The number of para-hydroxylation sites is 1. The van der Waals surface area contributed by atoms with Crippen LogP contribution < -0.4 is 4.90 Å². The van der Waals surface area contributed by atoms with Gasteiger partial charge in [-0.25, -0.2) is 0 Å². The number of fused-ring (bicyclic) bond motifs is 3. The van der Waals surface area contributed by atoms with E-state index < -0.39 is 16.6 Å². The van der Waals surface area contributed by atoms with E-state index in [9.17, 15) is 0 Å². The molecule has 3 nitrogen and oxygen atoms in total. The molecule has 5 heteroatoms. The zero-order chi connectivity index (χ0) is 39.9. The van der Waals surface area contributed by atoms with Gasteiger partial charge in [0, 0.05) is 35.7 Å². The van der Waals surface area contributed by atoms with Gasteiger partial charge in [0.25, 0.3) is 0 Å². The summed E-state index contributed by atoms with van der Waals surface area (Å²) in [6.45, 7) is 27.5. The van der Waals surface area contributed by atoms with Crippen molar-refractivity contribution in [2.24, 2.45) is 0 Å². The Balaban J connectivity index is 1.41. The lowest BCUT2D eigenvalue weighted by molar-refractivity contribution is 0.275. The first-order valence-electron chi connectivity index (χ1n) is 21.4. The van der Waals surface area contributed by atoms with Crippen LogP contribution in [-0.2, 0) is 14.3 Å². The van der Waals surface area contributed by atoms with Crippen LogP contribution in [0, 0.1) is 6.92 Å². The van der Waals surface area contributed by atoms with Crippen LogP contribution in [0.3, 0.4) is 0 Å². The Kier molecular flexibility index (Phi) is 14.2. The first-order chi connectivity index (χ1) is 26.0. The molecular weight excluding hydrogens is 703 g/mol. The second-order valence-electron chi connectivity index (χ2n) is 19.4. The SMILES string of the molecule is Cc1cccc(N(c2ccccc2)c2ccc3c(c2)C(CCCCCCO[Si](C)(C)C(C)(C)C)(CCCCCCO[Si](C)(C)C(C)(C)C)c2ccccc2-3)c1. The molecule has 0 amide bonds. The Morgan fingerprint density at radius 1 is 0.491 bits per heavy atom. The average molecular weight is 776 g/mol. The summed E-state index contributed by atoms with van der Waals surface area (Å²) in [6.07, 6.45) is 12.0. The van der Waals surface area contributed by atoms with E-state index in [1.165, 1.54) is 96.2 Å². The van der Waals surface area contributed by atoms with E-state index >= 15 is 0 Å². The molecule has 0 saturated carbocycles. The van der Waals surface area contributed by atoms with Crippen LogP contribution in [0.1, 0.15) is 122 Å². The minimum absolute atomic E-state index is 0.00776. The van der Waals surface area contributed by atoms with Crippen molar-refractivity contribution in [2.75, 3.05) is 18.1 Å². The Morgan fingerprint density at radius 3 is 1.55 bits per heavy atom. The Morgan fingerprint density at radius 2 is 0.982 bits per heavy atom. The van der Waals surface area contributed by atoms with E-state index in [2.05, 4.69) is 177 Å². The lowest BCUT2D eigenvalue weighted by Gasteiger charge is -2.36. The zero-order valence-electron chi connectivity index (χ0n) is 36.5. The molecule has 0 N–H and O–H groups in total. The highest BCUT2D eigenvalue weighted by molar-refractivity contribution is 6.74. The van der Waals surface area contributed by atoms with Crippen LogP contribution in [0.15, 0.2) is 97.1 Å². The van der Waals surface area contributed by atoms with Crippen LogP contribution >= 0.6 is 0 Å². The van der Waals surface area contributed by atoms with Crippen LogP contribution in [0.2, 0.25) is 36.3 Å². The van der Waals surface area contributed by atoms with Crippen molar-refractivity contribution >= 4 is 33.7 Å². The number of aryl methyl sites for hydroxylation is 1. The molecule has 0 fully saturated rings. The number of hydrogen-bond acceptors (Lipinski definition) is 3. The van der Waals surface area contributed by atoms with Crippen LogP contribution in [-0.4, -0.2) is 29.8 Å². The van der Waals surface area contributed by atoms with Crippen LogP contribution in [0.5, 0.6) is 0 Å². The maximum absolute atomic E-state index is 6.56. The summed E-state index contributed by atoms with van der Waals surface area (Å²) in [5, 5.41) is 0.517. The van der Waals surface area contributed by atoms with Crippen molar-refractivity contribution in [3.63, 3.8) is 0 Å². The van der Waals surface area contributed by atoms with E-state index in [1.54, 1.807) is 0 Å². The maximum Gasteiger partial charge on any atom is 0.191 e. The van der Waals surface area contributed by atoms with Crippen LogP contribution in [0.4, 0.5) is 17.1 Å². The third-order valence-corrected chi connectivity index (χ3v) is 22.4. The maximum atomic E-state index is 6.56. The summed E-state index contributed by atoms with van der Waals surface area (Å²) in [5.41, 5.74) is 10.8. The van der Waals surface area contributed by atoms with Crippen LogP contribution in [0.25, 0.3) is 11.1 Å². The molecule has 1 aliphatic carbocycles. The summed E-state index contributed by atoms with van der Waals surface area (Å²) in [6, 6.07) is 36.5. The predicted molar refractivity (Wildman–Crippen MR) is 245 cm³/mol. The predicted octanol–water partition coefficient (Wildman–Crippen LogP) is 15.7. The molecule has 0 radical (unpaired) electrons. The fourth-order valence-electron chi connectivity index (χ4n) is 7.89. The molecule has 0 unspecified atom stereocenters. The number of unbranched alkanes of at least 4 members (excludes halogenated alkanes) is 6. The molecule has 4 aromatic rings. The van der Waals surface area contributed by atoms with Gasteiger partial charge in [-0.15, -0.1) is 0 Å². The van der Waals surface area contributed by atoms with Gasteiger partial charge in [0.1, 0.15) is 0 Å². The molecule has 1 aliphatic rings. The van der Waals surface area contributed by atoms with Gasteiger partial charge in [0.2, 0.25) is 0 Å². The fourth-order valence-corrected chi connectivity index (χ4v) is 10.1. The van der Waals surface area contributed by atoms with Gasteiger partial charge in [-0.1, -0.05) is 141 Å². The zero-order valence-corrected chi connectivity index (χ0v) is 38.5. The minimum atomic E-state index is -1.71.